The first-order valence-corrected chi connectivity index (χ1v) is 8.65. The van der Waals surface area contributed by atoms with E-state index in [4.69, 9.17) is 4.74 Å². The van der Waals surface area contributed by atoms with Crippen molar-refractivity contribution >= 4 is 28.1 Å². The Labute approximate surface area is 149 Å². The van der Waals surface area contributed by atoms with Gasteiger partial charge in [-0.3, -0.25) is 9.59 Å². The predicted molar refractivity (Wildman–Crippen MR) is 95.9 cm³/mol. The third-order valence-electron chi connectivity index (χ3n) is 3.72. The molecule has 1 aliphatic rings. The summed E-state index contributed by atoms with van der Waals surface area (Å²) >= 11 is 0.734. The van der Waals surface area contributed by atoms with Crippen molar-refractivity contribution in [2.75, 3.05) is 25.1 Å². The van der Waals surface area contributed by atoms with Crippen molar-refractivity contribution in [3.05, 3.63) is 48.3 Å². The first-order valence-electron chi connectivity index (χ1n) is 7.84. The molecular formula is C17H18N4O3S. The van der Waals surface area contributed by atoms with Gasteiger partial charge in [-0.05, 0) is 23.8 Å². The maximum absolute atomic E-state index is 11.6. The number of ether oxygens (including phenoxy) is 1. The Morgan fingerprint density at radius 2 is 1.92 bits per heavy atom. The van der Waals surface area contributed by atoms with E-state index in [9.17, 15) is 9.59 Å². The van der Waals surface area contributed by atoms with Crippen LogP contribution in [0.2, 0.25) is 0 Å². The molecule has 1 amide bonds. The molecule has 2 aromatic rings. The van der Waals surface area contributed by atoms with Gasteiger partial charge >= 0.3 is 0 Å². The average molecular weight is 358 g/mol. The van der Waals surface area contributed by atoms with Crippen molar-refractivity contribution in [3.8, 4) is 5.75 Å². The van der Waals surface area contributed by atoms with Crippen molar-refractivity contribution in [2.24, 2.45) is 0 Å². The number of benzene rings is 1. The summed E-state index contributed by atoms with van der Waals surface area (Å²) in [7, 11) is 1.91. The quantitative estimate of drug-likeness (QED) is 0.809. The third-order valence-corrected chi connectivity index (χ3v) is 4.51. The van der Waals surface area contributed by atoms with Crippen molar-refractivity contribution in [2.45, 2.75) is 12.5 Å². The Morgan fingerprint density at radius 3 is 2.56 bits per heavy atom. The fourth-order valence-electron chi connectivity index (χ4n) is 2.37. The SMILES string of the molecule is CN(CCOc1ccc(CC2NC(=O)SC2=O)cc1)c1ncccn1. The molecule has 0 radical (unpaired) electrons. The number of carbonyl (C=O) groups excluding carboxylic acids is 2. The minimum atomic E-state index is -0.441. The lowest BCUT2D eigenvalue weighted by molar-refractivity contribution is -0.112. The van der Waals surface area contributed by atoms with Gasteiger partial charge in [-0.1, -0.05) is 12.1 Å². The summed E-state index contributed by atoms with van der Waals surface area (Å²) in [6.07, 6.45) is 3.90. The second-order valence-corrected chi connectivity index (χ2v) is 6.55. The van der Waals surface area contributed by atoms with Crippen LogP contribution in [0.5, 0.6) is 5.75 Å². The van der Waals surface area contributed by atoms with Crippen LogP contribution in [-0.4, -0.2) is 46.6 Å². The number of thioether (sulfide) groups is 1. The number of rotatable bonds is 7. The summed E-state index contributed by atoms with van der Waals surface area (Å²) in [6, 6.07) is 8.87. The fraction of sp³-hybridized carbons (Fsp3) is 0.294. The zero-order valence-corrected chi connectivity index (χ0v) is 14.5. The number of nitrogens with one attached hydrogen (secondary N) is 1. The molecule has 1 unspecified atom stereocenters. The van der Waals surface area contributed by atoms with Gasteiger partial charge in [0.2, 0.25) is 11.1 Å². The van der Waals surface area contributed by atoms with Gasteiger partial charge < -0.3 is 15.0 Å². The van der Waals surface area contributed by atoms with Crippen LogP contribution < -0.4 is 15.0 Å². The van der Waals surface area contributed by atoms with E-state index in [-0.39, 0.29) is 10.4 Å². The van der Waals surface area contributed by atoms with Crippen molar-refractivity contribution in [3.63, 3.8) is 0 Å². The van der Waals surface area contributed by atoms with Gasteiger partial charge in [0, 0.05) is 37.6 Å². The highest BCUT2D eigenvalue weighted by Gasteiger charge is 2.31. The molecule has 0 bridgehead atoms. The number of hydrogen-bond donors (Lipinski definition) is 1. The molecule has 2 heterocycles. The van der Waals surface area contributed by atoms with Crippen LogP contribution in [0.25, 0.3) is 0 Å². The van der Waals surface area contributed by atoms with Crippen molar-refractivity contribution in [1.82, 2.24) is 15.3 Å². The highest BCUT2D eigenvalue weighted by atomic mass is 32.2. The summed E-state index contributed by atoms with van der Waals surface area (Å²) in [5, 5.41) is 2.25. The van der Waals surface area contributed by atoms with Crippen LogP contribution in [0.15, 0.2) is 42.7 Å². The topological polar surface area (TPSA) is 84.4 Å². The molecule has 1 fully saturated rings. The second kappa shape index (κ2) is 7.98. The lowest BCUT2D eigenvalue weighted by atomic mass is 10.1. The Balaban J connectivity index is 1.46. The molecule has 0 spiro atoms. The van der Waals surface area contributed by atoms with Gasteiger partial charge in [0.25, 0.3) is 5.24 Å². The highest BCUT2D eigenvalue weighted by molar-refractivity contribution is 8.26. The maximum Gasteiger partial charge on any atom is 0.287 e. The van der Waals surface area contributed by atoms with E-state index < -0.39 is 6.04 Å². The second-order valence-electron chi connectivity index (χ2n) is 5.57. The van der Waals surface area contributed by atoms with Crippen LogP contribution in [0.3, 0.4) is 0 Å². The van der Waals surface area contributed by atoms with Crippen molar-refractivity contribution in [1.29, 1.82) is 0 Å². The minimum absolute atomic E-state index is 0.128. The molecule has 1 aliphatic heterocycles. The monoisotopic (exact) mass is 358 g/mol. The number of hydrogen-bond acceptors (Lipinski definition) is 7. The summed E-state index contributed by atoms with van der Waals surface area (Å²) in [5.41, 5.74) is 0.975. The Morgan fingerprint density at radius 1 is 1.20 bits per heavy atom. The molecule has 7 nitrogen and oxygen atoms in total. The van der Waals surface area contributed by atoms with E-state index >= 15 is 0 Å². The number of nitrogens with zero attached hydrogens (tertiary/aromatic N) is 3. The molecule has 1 aromatic heterocycles. The number of anilines is 1. The summed E-state index contributed by atoms with van der Waals surface area (Å²) in [6.45, 7) is 1.16. The molecule has 3 rings (SSSR count). The Kier molecular flexibility index (Phi) is 5.49. The molecule has 0 saturated carbocycles. The molecule has 1 atom stereocenters. The van der Waals surface area contributed by atoms with Gasteiger partial charge in [-0.15, -0.1) is 0 Å². The van der Waals surface area contributed by atoms with Crippen LogP contribution in [0, 0.1) is 0 Å². The number of aromatic nitrogens is 2. The predicted octanol–water partition coefficient (Wildman–Crippen LogP) is 1.89. The largest absolute Gasteiger partial charge is 0.492 e. The number of likely N-dealkylation sites (N-methyl/N-ethyl adjacent to an activating group) is 1. The lowest BCUT2D eigenvalue weighted by Gasteiger charge is -2.17. The summed E-state index contributed by atoms with van der Waals surface area (Å²) in [4.78, 5) is 33.1. The lowest BCUT2D eigenvalue weighted by Crippen LogP contribution is -2.30. The Bertz CT molecular complexity index is 739. The molecule has 0 aliphatic carbocycles. The van der Waals surface area contributed by atoms with Gasteiger partial charge in [0.1, 0.15) is 18.4 Å². The van der Waals surface area contributed by atoms with E-state index in [1.165, 1.54) is 0 Å². The standard InChI is InChI=1S/C17H18N4O3S/c1-21(16-18-7-2-8-19-16)9-10-24-13-5-3-12(4-6-13)11-14-15(22)25-17(23)20-14/h2-8,14H,9-11H2,1H3,(H,20,23). The first-order chi connectivity index (χ1) is 12.1. The van der Waals surface area contributed by atoms with E-state index in [2.05, 4.69) is 15.3 Å². The smallest absolute Gasteiger partial charge is 0.287 e. The summed E-state index contributed by atoms with van der Waals surface area (Å²) < 4.78 is 5.72. The summed E-state index contributed by atoms with van der Waals surface area (Å²) in [5.74, 6) is 1.41. The van der Waals surface area contributed by atoms with Gasteiger partial charge in [0.15, 0.2) is 0 Å². The van der Waals surface area contributed by atoms with Crippen LogP contribution in [0.4, 0.5) is 10.7 Å². The van der Waals surface area contributed by atoms with Crippen LogP contribution >= 0.6 is 11.8 Å². The molecule has 25 heavy (non-hydrogen) atoms. The molecule has 1 aromatic carbocycles. The molecule has 1 N–H and O–H groups in total. The van der Waals surface area contributed by atoms with E-state index in [0.717, 1.165) is 23.1 Å². The van der Waals surface area contributed by atoms with Crippen LogP contribution in [-0.2, 0) is 11.2 Å². The number of carbonyl (C=O) groups is 2. The third kappa shape index (κ3) is 4.69. The van der Waals surface area contributed by atoms with Gasteiger partial charge in [0.05, 0.1) is 6.54 Å². The zero-order chi connectivity index (χ0) is 17.6. The van der Waals surface area contributed by atoms with Gasteiger partial charge in [-0.2, -0.15) is 0 Å². The normalized spacial score (nSPS) is 16.6. The fourth-order valence-corrected chi connectivity index (χ4v) is 3.04. The molecular weight excluding hydrogens is 340 g/mol. The molecule has 1 saturated heterocycles. The minimum Gasteiger partial charge on any atom is -0.492 e. The maximum atomic E-state index is 11.6. The number of amides is 1. The first kappa shape index (κ1) is 17.2. The van der Waals surface area contributed by atoms with E-state index in [1.807, 2.05) is 36.2 Å². The zero-order valence-electron chi connectivity index (χ0n) is 13.7. The highest BCUT2D eigenvalue weighted by Crippen LogP contribution is 2.20. The Hall–Kier alpha value is -2.61. The van der Waals surface area contributed by atoms with E-state index in [1.54, 1.807) is 18.5 Å². The van der Waals surface area contributed by atoms with Crippen LogP contribution in [0.1, 0.15) is 5.56 Å². The van der Waals surface area contributed by atoms with Gasteiger partial charge in [-0.25, -0.2) is 9.97 Å². The average Bonchev–Trinajstić information content (AvgIpc) is 2.94. The molecule has 8 heteroatoms. The molecule has 130 valence electrons. The van der Waals surface area contributed by atoms with Crippen molar-refractivity contribution < 1.29 is 14.3 Å². The van der Waals surface area contributed by atoms with E-state index in [0.29, 0.717) is 25.5 Å².